The van der Waals surface area contributed by atoms with Crippen molar-refractivity contribution >= 4 is 17.8 Å². The molecule has 2 amide bonds. The molecule has 0 bridgehead atoms. The molecule has 3 aromatic carbocycles. The monoisotopic (exact) mass is 566 g/mol. The number of benzene rings is 3. The average Bonchev–Trinajstić information content (AvgIpc) is 3.03. The van der Waals surface area contributed by atoms with Crippen LogP contribution < -0.4 is 5.32 Å². The summed E-state index contributed by atoms with van der Waals surface area (Å²) in [7, 11) is 0. The molecule has 5 rings (SSSR count). The molecule has 0 saturated heterocycles. The van der Waals surface area contributed by atoms with E-state index in [-0.39, 0.29) is 49.4 Å². The third-order valence-electron chi connectivity index (χ3n) is 8.26. The van der Waals surface area contributed by atoms with Crippen molar-refractivity contribution in [2.24, 2.45) is 11.8 Å². The Hall–Kier alpha value is -4.23. The van der Waals surface area contributed by atoms with E-state index in [1.807, 2.05) is 97.1 Å². The third kappa shape index (κ3) is 7.34. The summed E-state index contributed by atoms with van der Waals surface area (Å²) in [6.45, 7) is 0.273. The number of nitrogens with zero attached hydrogens (tertiary/aromatic N) is 1. The first-order valence-electron chi connectivity index (χ1n) is 14.7. The fraction of sp³-hybridized carbons (Fsp3) is 0.343. The molecule has 4 atom stereocenters. The van der Waals surface area contributed by atoms with E-state index in [9.17, 15) is 19.5 Å². The summed E-state index contributed by atoms with van der Waals surface area (Å²) in [6, 6.07) is 26.4. The minimum Gasteiger partial charge on any atom is -0.463 e. The van der Waals surface area contributed by atoms with E-state index in [2.05, 4.69) is 5.32 Å². The number of fused-ring (bicyclic) bond motifs is 1. The number of aliphatic hydroxyl groups is 1. The van der Waals surface area contributed by atoms with Gasteiger partial charge in [0, 0.05) is 13.0 Å². The fourth-order valence-electron chi connectivity index (χ4n) is 5.82. The zero-order valence-corrected chi connectivity index (χ0v) is 23.7. The second-order valence-electron chi connectivity index (χ2n) is 11.2. The van der Waals surface area contributed by atoms with Crippen molar-refractivity contribution in [3.05, 3.63) is 119 Å². The largest absolute Gasteiger partial charge is 0.463 e. The Labute approximate surface area is 247 Å². The highest BCUT2D eigenvalue weighted by atomic mass is 16.5. The van der Waals surface area contributed by atoms with Gasteiger partial charge < -0.3 is 20.1 Å². The zero-order chi connectivity index (χ0) is 29.3. The maximum atomic E-state index is 13.7. The number of aliphatic hydroxyl groups excluding tert-OH is 1. The van der Waals surface area contributed by atoms with Gasteiger partial charge in [0.2, 0.25) is 11.8 Å². The molecule has 2 heterocycles. The molecular formula is C35H38N2O5. The van der Waals surface area contributed by atoms with Gasteiger partial charge in [0.25, 0.3) is 0 Å². The summed E-state index contributed by atoms with van der Waals surface area (Å²) in [5.74, 6) is -1.70. The molecule has 3 aromatic rings. The number of rotatable bonds is 6. The van der Waals surface area contributed by atoms with Crippen LogP contribution >= 0.6 is 0 Å². The van der Waals surface area contributed by atoms with Gasteiger partial charge in [0.1, 0.15) is 6.61 Å². The van der Waals surface area contributed by atoms with Crippen molar-refractivity contribution in [3.8, 4) is 0 Å². The van der Waals surface area contributed by atoms with E-state index >= 15 is 0 Å². The van der Waals surface area contributed by atoms with Crippen LogP contribution in [0.5, 0.6) is 0 Å². The molecule has 7 heteroatoms. The van der Waals surface area contributed by atoms with E-state index in [0.717, 1.165) is 22.3 Å². The van der Waals surface area contributed by atoms with E-state index in [1.54, 1.807) is 4.90 Å². The molecule has 4 unspecified atom stereocenters. The Morgan fingerprint density at radius 3 is 2.21 bits per heavy atom. The quantitative estimate of drug-likeness (QED) is 0.337. The van der Waals surface area contributed by atoms with Crippen LogP contribution in [0.2, 0.25) is 0 Å². The number of allylic oxidation sites excluding steroid dienone is 2. The first kappa shape index (κ1) is 29.3. The Morgan fingerprint density at radius 2 is 1.50 bits per heavy atom. The van der Waals surface area contributed by atoms with Gasteiger partial charge in [-0.2, -0.15) is 0 Å². The van der Waals surface area contributed by atoms with Crippen molar-refractivity contribution < 1.29 is 24.2 Å². The minimum atomic E-state index is -0.612. The summed E-state index contributed by atoms with van der Waals surface area (Å²) in [4.78, 5) is 42.2. The lowest BCUT2D eigenvalue weighted by molar-refractivity contribution is -0.150. The van der Waals surface area contributed by atoms with Crippen LogP contribution in [0.4, 0.5) is 0 Å². The number of nitrogens with one attached hydrogen (secondary N) is 1. The van der Waals surface area contributed by atoms with Crippen molar-refractivity contribution in [1.82, 2.24) is 10.2 Å². The van der Waals surface area contributed by atoms with Gasteiger partial charge in [0.05, 0.1) is 30.5 Å². The number of hydrogen-bond donors (Lipinski definition) is 2. The molecule has 42 heavy (non-hydrogen) atoms. The number of carbonyl (C=O) groups is 3. The smallest absolute Gasteiger partial charge is 0.309 e. The summed E-state index contributed by atoms with van der Waals surface area (Å²) in [6.07, 6.45) is 5.80. The molecular weight excluding hydrogens is 528 g/mol. The molecule has 218 valence electrons. The van der Waals surface area contributed by atoms with E-state index in [0.29, 0.717) is 32.2 Å². The average molecular weight is 567 g/mol. The first-order valence-corrected chi connectivity index (χ1v) is 14.7. The Bertz CT molecular complexity index is 1390. The van der Waals surface area contributed by atoms with Crippen LogP contribution in [0.3, 0.4) is 0 Å². The standard InChI is InChI=1S/C35H38N2O5/c38-23-31-20-27-15-7-10-18-30(27)22-37(31)33(39)21-28-16-8-9-17-29(19-25-11-3-1-4-12-25)35(41)42-24-32(36-34(28)40)26-13-5-2-6-14-26/h1-15,18,28-29,31-32,38H,16-17,19-24H2,(H,36,40). The van der Waals surface area contributed by atoms with Crippen LogP contribution in [0.15, 0.2) is 97.1 Å². The van der Waals surface area contributed by atoms with Gasteiger partial charge in [-0.3, -0.25) is 14.4 Å². The normalized spacial score (nSPS) is 23.1. The third-order valence-corrected chi connectivity index (χ3v) is 8.26. The SMILES string of the molecule is O=C1NC(c2ccccc2)COC(=O)C(Cc2ccccc2)CC=CCC1CC(=O)N1Cc2ccccc2CC1CO. The first-order chi connectivity index (χ1) is 20.5. The summed E-state index contributed by atoms with van der Waals surface area (Å²) in [5, 5.41) is 13.2. The number of esters is 1. The molecule has 0 radical (unpaired) electrons. The maximum absolute atomic E-state index is 13.7. The number of carbonyl (C=O) groups excluding carboxylic acids is 3. The van der Waals surface area contributed by atoms with Crippen molar-refractivity contribution in [2.45, 2.75) is 50.7 Å². The molecule has 0 aromatic heterocycles. The van der Waals surface area contributed by atoms with Crippen molar-refractivity contribution in [2.75, 3.05) is 13.2 Å². The van der Waals surface area contributed by atoms with Crippen LogP contribution in [0, 0.1) is 11.8 Å². The molecule has 2 aliphatic heterocycles. The van der Waals surface area contributed by atoms with E-state index in [1.165, 1.54) is 0 Å². The Kier molecular flexibility index (Phi) is 9.82. The zero-order valence-electron chi connectivity index (χ0n) is 23.7. The van der Waals surface area contributed by atoms with Gasteiger partial charge in [-0.05, 0) is 47.9 Å². The maximum Gasteiger partial charge on any atom is 0.309 e. The predicted molar refractivity (Wildman–Crippen MR) is 160 cm³/mol. The van der Waals surface area contributed by atoms with Crippen molar-refractivity contribution in [3.63, 3.8) is 0 Å². The minimum absolute atomic E-state index is 0.000245. The van der Waals surface area contributed by atoms with Crippen LogP contribution in [0.1, 0.15) is 47.6 Å². The number of ether oxygens (including phenoxy) is 1. The molecule has 2 aliphatic rings. The second kappa shape index (κ2) is 14.1. The summed E-state index contributed by atoms with van der Waals surface area (Å²) in [5.41, 5.74) is 4.08. The molecule has 0 saturated carbocycles. The molecule has 2 N–H and O–H groups in total. The highest BCUT2D eigenvalue weighted by Gasteiger charge is 2.33. The topological polar surface area (TPSA) is 95.9 Å². The molecule has 0 aliphatic carbocycles. The number of hydrogen-bond acceptors (Lipinski definition) is 5. The molecule has 0 spiro atoms. The Morgan fingerprint density at radius 1 is 0.857 bits per heavy atom. The highest BCUT2D eigenvalue weighted by Crippen LogP contribution is 2.26. The van der Waals surface area contributed by atoms with E-state index in [4.69, 9.17) is 4.74 Å². The predicted octanol–water partition coefficient (Wildman–Crippen LogP) is 4.55. The second-order valence-corrected chi connectivity index (χ2v) is 11.2. The van der Waals surface area contributed by atoms with Crippen LogP contribution in [-0.4, -0.2) is 47.0 Å². The van der Waals surface area contributed by atoms with Gasteiger partial charge >= 0.3 is 5.97 Å². The van der Waals surface area contributed by atoms with Crippen molar-refractivity contribution in [1.29, 1.82) is 0 Å². The van der Waals surface area contributed by atoms with Crippen LogP contribution in [-0.2, 0) is 38.5 Å². The molecule has 7 nitrogen and oxygen atoms in total. The van der Waals surface area contributed by atoms with Gasteiger partial charge in [0.15, 0.2) is 0 Å². The molecule has 0 fully saturated rings. The highest BCUT2D eigenvalue weighted by molar-refractivity contribution is 5.86. The van der Waals surface area contributed by atoms with E-state index < -0.39 is 12.0 Å². The lowest BCUT2D eigenvalue weighted by Crippen LogP contribution is -2.47. The summed E-state index contributed by atoms with van der Waals surface area (Å²) < 4.78 is 5.80. The lowest BCUT2D eigenvalue weighted by atomic mass is 9.91. The van der Waals surface area contributed by atoms with Crippen LogP contribution in [0.25, 0.3) is 0 Å². The van der Waals surface area contributed by atoms with Gasteiger partial charge in [-0.1, -0.05) is 97.1 Å². The number of cyclic esters (lactones) is 1. The Balaban J connectivity index is 1.36. The summed E-state index contributed by atoms with van der Waals surface area (Å²) >= 11 is 0. The fourth-order valence-corrected chi connectivity index (χ4v) is 5.82. The van der Waals surface area contributed by atoms with Gasteiger partial charge in [-0.25, -0.2) is 0 Å². The number of amides is 2. The lowest BCUT2D eigenvalue weighted by Gasteiger charge is -2.36. The van der Waals surface area contributed by atoms with Gasteiger partial charge in [-0.15, -0.1) is 0 Å².